The predicted molar refractivity (Wildman–Crippen MR) is 81.3 cm³/mol. The number of anilines is 1. The maximum Gasteiger partial charge on any atom is 0.274 e. The lowest BCUT2D eigenvalue weighted by Gasteiger charge is -2.16. The first-order valence-corrected chi connectivity index (χ1v) is 6.62. The molecule has 0 aliphatic rings. The van der Waals surface area contributed by atoms with Gasteiger partial charge < -0.3 is 5.32 Å². The molecule has 0 aromatic heterocycles. The van der Waals surface area contributed by atoms with Crippen LogP contribution in [0.2, 0.25) is 5.02 Å². The van der Waals surface area contributed by atoms with Gasteiger partial charge in [0.05, 0.1) is 4.92 Å². The number of nitrogens with one attached hydrogen (secondary N) is 1. The summed E-state index contributed by atoms with van der Waals surface area (Å²) >= 11 is 5.85. The van der Waals surface area contributed by atoms with E-state index in [-0.39, 0.29) is 16.7 Å². The number of hydrogen-bond acceptors (Lipinski definition) is 3. The molecule has 4 nitrogen and oxygen atoms in total. The zero-order valence-electron chi connectivity index (χ0n) is 11.3. The molecular weight excluding hydrogens is 276 g/mol. The van der Waals surface area contributed by atoms with Crippen LogP contribution < -0.4 is 5.32 Å². The summed E-state index contributed by atoms with van der Waals surface area (Å²) in [6, 6.07) is 12.7. The fourth-order valence-corrected chi connectivity index (χ4v) is 2.11. The van der Waals surface area contributed by atoms with E-state index in [1.165, 1.54) is 0 Å². The number of benzene rings is 2. The fourth-order valence-electron chi connectivity index (χ4n) is 1.98. The number of halogens is 1. The molecule has 2 aromatic rings. The molecule has 0 saturated heterocycles. The van der Waals surface area contributed by atoms with Crippen LogP contribution in [0.1, 0.15) is 24.1 Å². The van der Waals surface area contributed by atoms with Crippen LogP contribution in [0, 0.1) is 17.0 Å². The summed E-state index contributed by atoms with van der Waals surface area (Å²) in [5.74, 6) is 0. The van der Waals surface area contributed by atoms with Crippen molar-refractivity contribution >= 4 is 23.0 Å². The van der Waals surface area contributed by atoms with E-state index in [1.807, 2.05) is 37.3 Å². The van der Waals surface area contributed by atoms with Gasteiger partial charge >= 0.3 is 0 Å². The number of nitro groups is 1. The van der Waals surface area contributed by atoms with Gasteiger partial charge in [0.1, 0.15) is 0 Å². The third kappa shape index (κ3) is 3.27. The van der Waals surface area contributed by atoms with E-state index in [2.05, 4.69) is 5.32 Å². The lowest BCUT2D eigenvalue weighted by atomic mass is 10.1. The first-order valence-electron chi connectivity index (χ1n) is 6.24. The zero-order valence-corrected chi connectivity index (χ0v) is 12.0. The molecule has 0 radical (unpaired) electrons. The normalized spacial score (nSPS) is 11.9. The van der Waals surface area contributed by atoms with Crippen molar-refractivity contribution in [2.24, 2.45) is 0 Å². The van der Waals surface area contributed by atoms with Gasteiger partial charge in [-0.15, -0.1) is 0 Å². The molecule has 5 heteroatoms. The SMILES string of the molecule is Cc1ccc(NC(C)c2ccc(Cl)cc2)cc1[N+](=O)[O-]. The molecule has 0 fully saturated rings. The highest BCUT2D eigenvalue weighted by molar-refractivity contribution is 6.30. The molecule has 104 valence electrons. The summed E-state index contributed by atoms with van der Waals surface area (Å²) in [6.45, 7) is 3.72. The average Bonchev–Trinajstić information content (AvgIpc) is 2.41. The zero-order chi connectivity index (χ0) is 14.7. The predicted octanol–water partition coefficient (Wildman–Crippen LogP) is 4.73. The van der Waals surface area contributed by atoms with E-state index in [0.29, 0.717) is 10.6 Å². The molecule has 0 aliphatic carbocycles. The molecule has 0 bridgehead atoms. The van der Waals surface area contributed by atoms with Crippen molar-refractivity contribution in [3.05, 3.63) is 68.7 Å². The Labute approximate surface area is 122 Å². The van der Waals surface area contributed by atoms with Gasteiger partial charge in [-0.1, -0.05) is 29.8 Å². The van der Waals surface area contributed by atoms with Crippen molar-refractivity contribution in [3.8, 4) is 0 Å². The standard InChI is InChI=1S/C15H15ClN2O2/c1-10-3-8-14(9-15(10)18(19)20)17-11(2)12-4-6-13(16)7-5-12/h3-9,11,17H,1-2H3. The maximum absolute atomic E-state index is 10.9. The van der Waals surface area contributed by atoms with Crippen molar-refractivity contribution in [1.29, 1.82) is 0 Å². The van der Waals surface area contributed by atoms with Crippen molar-refractivity contribution in [2.75, 3.05) is 5.32 Å². The molecular formula is C15H15ClN2O2. The van der Waals surface area contributed by atoms with Crippen LogP contribution in [-0.4, -0.2) is 4.92 Å². The summed E-state index contributed by atoms with van der Waals surface area (Å²) in [6.07, 6.45) is 0. The lowest BCUT2D eigenvalue weighted by molar-refractivity contribution is -0.385. The van der Waals surface area contributed by atoms with Gasteiger partial charge in [-0.2, -0.15) is 0 Å². The molecule has 0 heterocycles. The Morgan fingerprint density at radius 1 is 1.20 bits per heavy atom. The molecule has 1 atom stereocenters. The highest BCUT2D eigenvalue weighted by Gasteiger charge is 2.12. The van der Waals surface area contributed by atoms with Gasteiger partial charge in [-0.25, -0.2) is 0 Å². The Morgan fingerprint density at radius 3 is 2.45 bits per heavy atom. The molecule has 0 spiro atoms. The van der Waals surface area contributed by atoms with E-state index < -0.39 is 0 Å². The van der Waals surface area contributed by atoms with Crippen LogP contribution >= 0.6 is 11.6 Å². The van der Waals surface area contributed by atoms with Gasteiger partial charge in [0.25, 0.3) is 5.69 Å². The number of nitrogens with zero attached hydrogens (tertiary/aromatic N) is 1. The smallest absolute Gasteiger partial charge is 0.274 e. The topological polar surface area (TPSA) is 55.2 Å². The second kappa shape index (κ2) is 5.92. The van der Waals surface area contributed by atoms with Gasteiger partial charge in [0, 0.05) is 28.4 Å². The second-order valence-electron chi connectivity index (χ2n) is 4.68. The summed E-state index contributed by atoms with van der Waals surface area (Å²) in [5.41, 5.74) is 2.57. The minimum Gasteiger partial charge on any atom is -0.378 e. The van der Waals surface area contributed by atoms with Gasteiger partial charge in [0.2, 0.25) is 0 Å². The van der Waals surface area contributed by atoms with Crippen LogP contribution in [0.15, 0.2) is 42.5 Å². The Balaban J connectivity index is 2.19. The molecule has 0 aliphatic heterocycles. The molecule has 20 heavy (non-hydrogen) atoms. The van der Waals surface area contributed by atoms with Crippen molar-refractivity contribution in [1.82, 2.24) is 0 Å². The highest BCUT2D eigenvalue weighted by atomic mass is 35.5. The molecule has 2 aromatic carbocycles. The lowest BCUT2D eigenvalue weighted by Crippen LogP contribution is -2.07. The van der Waals surface area contributed by atoms with E-state index >= 15 is 0 Å². The number of aryl methyl sites for hydroxylation is 1. The Hall–Kier alpha value is -2.07. The van der Waals surface area contributed by atoms with Crippen LogP contribution in [0.25, 0.3) is 0 Å². The van der Waals surface area contributed by atoms with E-state index in [4.69, 9.17) is 11.6 Å². The number of hydrogen-bond donors (Lipinski definition) is 1. The van der Waals surface area contributed by atoms with Crippen molar-refractivity contribution in [3.63, 3.8) is 0 Å². The Morgan fingerprint density at radius 2 is 1.85 bits per heavy atom. The van der Waals surface area contributed by atoms with Crippen molar-refractivity contribution in [2.45, 2.75) is 19.9 Å². The quantitative estimate of drug-likeness (QED) is 0.654. The molecule has 1 unspecified atom stereocenters. The van der Waals surface area contributed by atoms with Crippen LogP contribution in [0.3, 0.4) is 0 Å². The van der Waals surface area contributed by atoms with Crippen LogP contribution in [-0.2, 0) is 0 Å². The van der Waals surface area contributed by atoms with Crippen LogP contribution in [0.5, 0.6) is 0 Å². The average molecular weight is 291 g/mol. The van der Waals surface area contributed by atoms with Gasteiger partial charge in [0.15, 0.2) is 0 Å². The Kier molecular flexibility index (Phi) is 4.25. The van der Waals surface area contributed by atoms with Crippen molar-refractivity contribution < 1.29 is 4.92 Å². The van der Waals surface area contributed by atoms with E-state index in [1.54, 1.807) is 19.1 Å². The summed E-state index contributed by atoms with van der Waals surface area (Å²) in [7, 11) is 0. The molecule has 1 N–H and O–H groups in total. The highest BCUT2D eigenvalue weighted by Crippen LogP contribution is 2.26. The fraction of sp³-hybridized carbons (Fsp3) is 0.200. The second-order valence-corrected chi connectivity index (χ2v) is 5.11. The monoisotopic (exact) mass is 290 g/mol. The van der Waals surface area contributed by atoms with E-state index in [9.17, 15) is 10.1 Å². The number of nitro benzene ring substituents is 1. The molecule has 2 rings (SSSR count). The number of rotatable bonds is 4. The Bertz CT molecular complexity index is 626. The minimum absolute atomic E-state index is 0.0366. The largest absolute Gasteiger partial charge is 0.378 e. The summed E-state index contributed by atoms with van der Waals surface area (Å²) in [4.78, 5) is 10.6. The third-order valence-corrected chi connectivity index (χ3v) is 3.41. The van der Waals surface area contributed by atoms with Gasteiger partial charge in [-0.05, 0) is 37.6 Å². The molecule has 0 saturated carbocycles. The summed E-state index contributed by atoms with van der Waals surface area (Å²) < 4.78 is 0. The maximum atomic E-state index is 10.9. The molecule has 0 amide bonds. The minimum atomic E-state index is -0.368. The van der Waals surface area contributed by atoms with Gasteiger partial charge in [-0.3, -0.25) is 10.1 Å². The van der Waals surface area contributed by atoms with E-state index in [0.717, 1.165) is 11.3 Å². The first-order chi connectivity index (χ1) is 9.47. The van der Waals surface area contributed by atoms with Crippen LogP contribution in [0.4, 0.5) is 11.4 Å². The third-order valence-electron chi connectivity index (χ3n) is 3.16. The first kappa shape index (κ1) is 14.3. The summed E-state index contributed by atoms with van der Waals surface area (Å²) in [5, 5.41) is 14.9.